The van der Waals surface area contributed by atoms with Crippen molar-refractivity contribution in [1.29, 1.82) is 0 Å². The fraction of sp³-hybridized carbons (Fsp3) is 0.909. The second-order valence-corrected chi connectivity index (χ2v) is 6.92. The van der Waals surface area contributed by atoms with Crippen LogP contribution < -0.4 is 5.73 Å². The summed E-state index contributed by atoms with van der Waals surface area (Å²) in [4.78, 5) is 0.0444. The molecule has 6 heteroatoms. The molecule has 4 nitrogen and oxygen atoms in total. The Kier molecular flexibility index (Phi) is 7.91. The zero-order valence-corrected chi connectivity index (χ0v) is 12.6. The molecule has 0 saturated carbocycles. The van der Waals surface area contributed by atoms with Crippen LogP contribution in [-0.2, 0) is 10.0 Å². The highest BCUT2D eigenvalue weighted by molar-refractivity contribution is 7.92. The van der Waals surface area contributed by atoms with Crippen molar-refractivity contribution in [1.82, 2.24) is 4.31 Å². The van der Waals surface area contributed by atoms with E-state index < -0.39 is 15.3 Å². The van der Waals surface area contributed by atoms with Crippen LogP contribution in [0.2, 0.25) is 0 Å². The lowest BCUT2D eigenvalue weighted by Crippen LogP contribution is -2.43. The highest BCUT2D eigenvalue weighted by atomic mass is 32.2. The van der Waals surface area contributed by atoms with Gasteiger partial charge < -0.3 is 5.73 Å². The summed E-state index contributed by atoms with van der Waals surface area (Å²) in [5, 5.41) is -0.772. The van der Waals surface area contributed by atoms with Gasteiger partial charge in [-0.1, -0.05) is 38.9 Å². The molecule has 1 atom stereocenters. The van der Waals surface area contributed by atoms with E-state index in [9.17, 15) is 8.42 Å². The van der Waals surface area contributed by atoms with Crippen LogP contribution in [0.4, 0.5) is 0 Å². The first kappa shape index (κ1) is 16.8. The van der Waals surface area contributed by atoms with E-state index in [0.717, 1.165) is 25.7 Å². The number of rotatable bonds is 9. The number of hydrogen-bond donors (Lipinski definition) is 1. The molecule has 102 valence electrons. The molecule has 0 radical (unpaired) electrons. The van der Waals surface area contributed by atoms with Crippen molar-refractivity contribution in [2.75, 3.05) is 13.1 Å². The molecule has 0 aliphatic carbocycles. The van der Waals surface area contributed by atoms with Gasteiger partial charge in [-0.3, -0.25) is 0 Å². The van der Waals surface area contributed by atoms with Crippen molar-refractivity contribution in [3.8, 4) is 0 Å². The van der Waals surface area contributed by atoms with E-state index in [4.69, 9.17) is 18.0 Å². The number of thiocarbonyl (C=S) groups is 1. The Hall–Kier alpha value is -0.200. The Bertz CT molecular complexity index is 320. The lowest BCUT2D eigenvalue weighted by atomic mass is 10.3. The fourth-order valence-electron chi connectivity index (χ4n) is 1.41. The van der Waals surface area contributed by atoms with E-state index in [1.165, 1.54) is 4.31 Å². The van der Waals surface area contributed by atoms with Crippen LogP contribution in [0.15, 0.2) is 0 Å². The first-order chi connectivity index (χ1) is 7.87. The summed E-state index contributed by atoms with van der Waals surface area (Å²) in [6.45, 7) is 6.77. The van der Waals surface area contributed by atoms with Crippen molar-refractivity contribution in [2.45, 2.75) is 51.7 Å². The van der Waals surface area contributed by atoms with Crippen LogP contribution in [-0.4, -0.2) is 36.1 Å². The predicted molar refractivity (Wildman–Crippen MR) is 76.6 cm³/mol. The van der Waals surface area contributed by atoms with E-state index in [2.05, 4.69) is 0 Å². The summed E-state index contributed by atoms with van der Waals surface area (Å²) in [7, 11) is -3.38. The molecule has 17 heavy (non-hydrogen) atoms. The van der Waals surface area contributed by atoms with Gasteiger partial charge in [0.25, 0.3) is 0 Å². The maximum atomic E-state index is 12.2. The zero-order chi connectivity index (χ0) is 13.5. The molecule has 0 heterocycles. The van der Waals surface area contributed by atoms with Gasteiger partial charge in [0.15, 0.2) is 0 Å². The van der Waals surface area contributed by atoms with Gasteiger partial charge in [-0.05, 0) is 19.8 Å². The van der Waals surface area contributed by atoms with Crippen molar-refractivity contribution in [3.05, 3.63) is 0 Å². The largest absolute Gasteiger partial charge is 0.392 e. The molecule has 0 aromatic rings. The normalized spacial score (nSPS) is 13.9. The summed E-state index contributed by atoms with van der Waals surface area (Å²) < 4.78 is 26.0. The fourth-order valence-corrected chi connectivity index (χ4v) is 3.28. The van der Waals surface area contributed by atoms with Crippen molar-refractivity contribution in [2.24, 2.45) is 5.73 Å². The van der Waals surface area contributed by atoms with Gasteiger partial charge in [0.05, 0.1) is 4.99 Å². The van der Waals surface area contributed by atoms with Gasteiger partial charge >= 0.3 is 0 Å². The van der Waals surface area contributed by atoms with E-state index >= 15 is 0 Å². The quantitative estimate of drug-likeness (QED) is 0.655. The third-order valence-electron chi connectivity index (χ3n) is 2.73. The molecule has 0 aliphatic rings. The van der Waals surface area contributed by atoms with Crippen molar-refractivity contribution in [3.63, 3.8) is 0 Å². The third-order valence-corrected chi connectivity index (χ3v) is 5.46. The second kappa shape index (κ2) is 8.00. The summed E-state index contributed by atoms with van der Waals surface area (Å²) in [5.41, 5.74) is 5.44. The van der Waals surface area contributed by atoms with E-state index in [-0.39, 0.29) is 4.99 Å². The van der Waals surface area contributed by atoms with Crippen LogP contribution in [0.3, 0.4) is 0 Å². The number of nitrogens with two attached hydrogens (primary N) is 1. The zero-order valence-electron chi connectivity index (χ0n) is 11.0. The van der Waals surface area contributed by atoms with Gasteiger partial charge in [0, 0.05) is 13.1 Å². The summed E-state index contributed by atoms with van der Waals surface area (Å²) >= 11 is 4.78. The van der Waals surface area contributed by atoms with Crippen molar-refractivity contribution >= 4 is 27.2 Å². The molecule has 0 amide bonds. The Balaban J connectivity index is 4.81. The lowest BCUT2D eigenvalue weighted by Gasteiger charge is -2.25. The minimum atomic E-state index is -3.38. The predicted octanol–water partition coefficient (Wildman–Crippen LogP) is 1.89. The van der Waals surface area contributed by atoms with Crippen molar-refractivity contribution < 1.29 is 8.42 Å². The van der Waals surface area contributed by atoms with Gasteiger partial charge in [-0.15, -0.1) is 0 Å². The van der Waals surface area contributed by atoms with Crippen LogP contribution in [0.5, 0.6) is 0 Å². The minimum Gasteiger partial charge on any atom is -0.392 e. The highest BCUT2D eigenvalue weighted by Gasteiger charge is 2.29. The third kappa shape index (κ3) is 5.31. The Morgan fingerprint density at radius 1 is 1.24 bits per heavy atom. The SMILES string of the molecule is CCCCN(CCCC)S(=O)(=O)C(C)C(N)=S. The maximum Gasteiger partial charge on any atom is 0.223 e. The van der Waals surface area contributed by atoms with E-state index in [1.54, 1.807) is 6.92 Å². The molecule has 0 spiro atoms. The molecule has 0 rings (SSSR count). The smallest absolute Gasteiger partial charge is 0.223 e. The monoisotopic (exact) mass is 280 g/mol. The van der Waals surface area contributed by atoms with Gasteiger partial charge in [0.1, 0.15) is 5.25 Å². The number of unbranched alkanes of at least 4 members (excludes halogenated alkanes) is 2. The van der Waals surface area contributed by atoms with E-state index in [1.807, 2.05) is 13.8 Å². The molecule has 0 bridgehead atoms. The number of nitrogens with zero attached hydrogens (tertiary/aromatic N) is 1. The Morgan fingerprint density at radius 2 is 1.65 bits per heavy atom. The average Bonchev–Trinajstić information content (AvgIpc) is 2.27. The molecule has 2 N–H and O–H groups in total. The summed E-state index contributed by atoms with van der Waals surface area (Å²) in [5.74, 6) is 0. The molecule has 0 saturated heterocycles. The standard InChI is InChI=1S/C11H24N2O2S2/c1-4-6-8-13(9-7-5-2)17(14,15)10(3)11(12)16/h10H,4-9H2,1-3H3,(H2,12,16). The van der Waals surface area contributed by atoms with Gasteiger partial charge in [0.2, 0.25) is 10.0 Å². The van der Waals surface area contributed by atoms with Gasteiger partial charge in [-0.2, -0.15) is 0 Å². The molecule has 0 aromatic carbocycles. The number of sulfonamides is 1. The second-order valence-electron chi connectivity index (χ2n) is 4.20. The van der Waals surface area contributed by atoms with Crippen LogP contribution >= 0.6 is 12.2 Å². The van der Waals surface area contributed by atoms with Crippen LogP contribution in [0.25, 0.3) is 0 Å². The number of hydrogen-bond acceptors (Lipinski definition) is 3. The molecule has 1 unspecified atom stereocenters. The van der Waals surface area contributed by atoms with Crippen LogP contribution in [0.1, 0.15) is 46.5 Å². The first-order valence-corrected chi connectivity index (χ1v) is 8.07. The minimum absolute atomic E-state index is 0.0444. The molecule has 0 aromatic heterocycles. The molecule has 0 fully saturated rings. The lowest BCUT2D eigenvalue weighted by molar-refractivity contribution is 0.394. The average molecular weight is 280 g/mol. The van der Waals surface area contributed by atoms with Gasteiger partial charge in [-0.25, -0.2) is 12.7 Å². The topological polar surface area (TPSA) is 63.4 Å². The molecular weight excluding hydrogens is 256 g/mol. The van der Waals surface area contributed by atoms with Crippen LogP contribution in [0, 0.1) is 0 Å². The maximum absolute atomic E-state index is 12.2. The summed E-state index contributed by atoms with van der Waals surface area (Å²) in [6.07, 6.45) is 3.68. The Morgan fingerprint density at radius 3 is 1.94 bits per heavy atom. The molecule has 0 aliphatic heterocycles. The Labute approximate surface area is 111 Å². The van der Waals surface area contributed by atoms with E-state index in [0.29, 0.717) is 13.1 Å². The summed E-state index contributed by atoms with van der Waals surface area (Å²) in [6, 6.07) is 0. The molecular formula is C11H24N2O2S2. The highest BCUT2D eigenvalue weighted by Crippen LogP contribution is 2.12. The first-order valence-electron chi connectivity index (χ1n) is 6.16.